The lowest BCUT2D eigenvalue weighted by Crippen LogP contribution is -2.63. The second-order valence-electron chi connectivity index (χ2n) is 20.7. The molecular weight excluding hydrogens is 1060 g/mol. The van der Waals surface area contributed by atoms with E-state index in [1.54, 1.807) is 31.5 Å². The van der Waals surface area contributed by atoms with Crippen LogP contribution in [0.1, 0.15) is 68.6 Å². The second-order valence-corrected chi connectivity index (χ2v) is 20.7. The molecule has 2 aromatic heterocycles. The number of rotatable bonds is 18. The van der Waals surface area contributed by atoms with Gasteiger partial charge in [-0.1, -0.05) is 24.0 Å². The van der Waals surface area contributed by atoms with Crippen LogP contribution in [0, 0.1) is 41.2 Å². The minimum Gasteiger partial charge on any atom is -0.465 e. The van der Waals surface area contributed by atoms with E-state index in [0.29, 0.717) is 73.7 Å². The molecule has 3 aliphatic rings. The molecule has 6 N–H and O–H groups in total. The molecule has 27 heteroatoms. The number of nitrogens with one attached hydrogen (secondary N) is 4. The van der Waals surface area contributed by atoms with Gasteiger partial charge in [-0.3, -0.25) is 19.9 Å². The average molecular weight is 1120 g/mol. The van der Waals surface area contributed by atoms with Crippen LogP contribution < -0.4 is 26.3 Å². The van der Waals surface area contributed by atoms with Gasteiger partial charge in [0.25, 0.3) is 5.91 Å². The van der Waals surface area contributed by atoms with Crippen molar-refractivity contribution in [2.45, 2.75) is 115 Å². The van der Waals surface area contributed by atoms with E-state index in [1.165, 1.54) is 29.8 Å². The van der Waals surface area contributed by atoms with Gasteiger partial charge in [0, 0.05) is 79.7 Å². The summed E-state index contributed by atoms with van der Waals surface area (Å²) in [7, 11) is 0.832. The Balaban J connectivity index is 1.17. The Kier molecular flexibility index (Phi) is 18.0. The van der Waals surface area contributed by atoms with E-state index in [2.05, 4.69) is 51.6 Å². The summed E-state index contributed by atoms with van der Waals surface area (Å²) in [5.74, 6) is 1.09. The van der Waals surface area contributed by atoms with Crippen molar-refractivity contribution in [2.75, 3.05) is 44.9 Å². The summed E-state index contributed by atoms with van der Waals surface area (Å²) in [6, 6.07) is 2.18. The maximum absolute atomic E-state index is 16.0. The monoisotopic (exact) mass is 1120 g/mol. The van der Waals surface area contributed by atoms with Crippen LogP contribution in [-0.2, 0) is 32.0 Å². The summed E-state index contributed by atoms with van der Waals surface area (Å²) in [5.41, 5.74) is -3.64. The highest BCUT2D eigenvalue weighted by molar-refractivity contribution is 5.87. The number of fused-ring (bicyclic) bond motifs is 2. The largest absolute Gasteiger partial charge is 0.465 e. The topological polar surface area (TPSA) is 237 Å². The fraction of sp³-hybridized carbons (Fsp3) is 0.500. The quantitative estimate of drug-likeness (QED) is 0.0414. The number of hydrazine groups is 1. The number of carbonyl (C=O) groups excluding carboxylic acids is 3. The number of hydrogen-bond donors (Lipinski definition) is 6. The molecule has 3 aliphatic heterocycles. The molecule has 2 aromatic carbocycles. The van der Waals surface area contributed by atoms with Gasteiger partial charge in [0.2, 0.25) is 11.9 Å². The summed E-state index contributed by atoms with van der Waals surface area (Å²) in [6.45, 7) is 4.69. The highest BCUT2D eigenvalue weighted by atomic mass is 19.4. The number of benzene rings is 2. The van der Waals surface area contributed by atoms with Crippen LogP contribution in [0.2, 0.25) is 0 Å². The van der Waals surface area contributed by atoms with Crippen molar-refractivity contribution in [3.8, 4) is 23.0 Å². The Morgan fingerprint density at radius 2 is 1.32 bits per heavy atom. The number of halogens is 8. The van der Waals surface area contributed by atoms with E-state index in [9.17, 15) is 55.7 Å². The summed E-state index contributed by atoms with van der Waals surface area (Å²) in [6.07, 6.45) is -8.57. The highest BCUT2D eigenvalue weighted by Crippen LogP contribution is 2.42. The van der Waals surface area contributed by atoms with E-state index in [1.807, 2.05) is 10.7 Å². The number of aromatic nitrogens is 4. The van der Waals surface area contributed by atoms with Gasteiger partial charge in [0.15, 0.2) is 0 Å². The third-order valence-corrected chi connectivity index (χ3v) is 14.5. The Hall–Kier alpha value is -7.28. The maximum Gasteiger partial charge on any atom is 0.407 e. The number of amides is 4. The molecule has 19 nitrogen and oxygen atoms in total. The van der Waals surface area contributed by atoms with Gasteiger partial charge in [0.1, 0.15) is 29.5 Å². The Labute approximate surface area is 448 Å². The molecule has 7 rings (SSSR count). The first-order valence-corrected chi connectivity index (χ1v) is 24.9. The number of carboxylic acid groups (broad SMARTS) is 1. The summed E-state index contributed by atoms with van der Waals surface area (Å²) in [5, 5.41) is 27.8. The lowest BCUT2D eigenvalue weighted by Gasteiger charge is -2.47. The number of hydrogen-bond acceptors (Lipinski definition) is 14. The number of aryl methyl sites for hydroxylation is 1. The maximum atomic E-state index is 16.0. The Bertz CT molecular complexity index is 2860. The van der Waals surface area contributed by atoms with E-state index in [4.69, 9.17) is 4.74 Å². The third-order valence-electron chi connectivity index (χ3n) is 14.5. The normalized spacial score (nSPS) is 18.6. The molecule has 4 aromatic rings. The first-order chi connectivity index (χ1) is 37.1. The van der Waals surface area contributed by atoms with Crippen LogP contribution in [0.5, 0.6) is 0 Å². The molecule has 0 saturated carbocycles. The van der Waals surface area contributed by atoms with Gasteiger partial charge in [-0.25, -0.2) is 43.3 Å². The minimum absolute atomic E-state index is 0.0571. The molecule has 6 atom stereocenters. The zero-order chi connectivity index (χ0) is 57.8. The van der Waals surface area contributed by atoms with Crippen molar-refractivity contribution in [1.29, 1.82) is 0 Å². The fourth-order valence-electron chi connectivity index (χ4n) is 9.46. The molecule has 3 saturated heterocycles. The van der Waals surface area contributed by atoms with Crippen LogP contribution in [0.4, 0.5) is 50.7 Å². The Morgan fingerprint density at radius 1 is 0.772 bits per heavy atom. The first kappa shape index (κ1) is 59.4. The van der Waals surface area contributed by atoms with Crippen LogP contribution in [-0.4, -0.2) is 159 Å². The number of carbonyl (C=O) groups is 4. The number of aliphatic hydroxyl groups is 1. The molecule has 3 fully saturated rings. The molecule has 5 heterocycles. The van der Waals surface area contributed by atoms with E-state index >= 15 is 8.78 Å². The Morgan fingerprint density at radius 3 is 1.82 bits per heavy atom. The SMILES string of the molecule is COC(=O)NC(C(=O)NC(Cc1ccc(C#Cc2cnc(N3CC4CCC(C3)N4C3COC3)nc2)cc1)C(O)CN(Cc1c(F)cc(-c2cnc(C)nc2)cc1F)NC(=O)C(NC(=O)O)C(C)(C)C(F)(F)F)C(C)(C)C(F)(F)F. The van der Waals surface area contributed by atoms with Crippen LogP contribution >= 0.6 is 0 Å². The number of nitrogens with zero attached hydrogens (tertiary/aromatic N) is 7. The van der Waals surface area contributed by atoms with Gasteiger partial charge in [-0.05, 0) is 89.3 Å². The molecular formula is C52H59F8N11O8. The number of anilines is 1. The summed E-state index contributed by atoms with van der Waals surface area (Å²) < 4.78 is 129. The predicted molar refractivity (Wildman–Crippen MR) is 266 cm³/mol. The summed E-state index contributed by atoms with van der Waals surface area (Å²) in [4.78, 5) is 74.0. The first-order valence-electron chi connectivity index (χ1n) is 24.9. The van der Waals surface area contributed by atoms with Crippen LogP contribution in [0.25, 0.3) is 11.1 Å². The number of alkyl halides is 6. The van der Waals surface area contributed by atoms with Crippen molar-refractivity contribution < 1.29 is 74.0 Å². The predicted octanol–water partition coefficient (Wildman–Crippen LogP) is 5.43. The van der Waals surface area contributed by atoms with Crippen molar-refractivity contribution in [3.63, 3.8) is 0 Å². The molecule has 79 heavy (non-hydrogen) atoms. The molecule has 2 bridgehead atoms. The smallest absolute Gasteiger partial charge is 0.407 e. The molecule has 4 amide bonds. The lowest BCUT2D eigenvalue weighted by molar-refractivity contribution is -0.221. The molecule has 0 radical (unpaired) electrons. The summed E-state index contributed by atoms with van der Waals surface area (Å²) >= 11 is 0. The number of methoxy groups -OCH3 is 1. The molecule has 426 valence electrons. The molecule has 0 aliphatic carbocycles. The van der Waals surface area contributed by atoms with Gasteiger partial charge in [-0.15, -0.1) is 0 Å². The van der Waals surface area contributed by atoms with Gasteiger partial charge in [0.05, 0.1) is 54.9 Å². The molecule has 6 unspecified atom stereocenters. The number of piperazine rings is 1. The lowest BCUT2D eigenvalue weighted by atomic mass is 9.82. The van der Waals surface area contributed by atoms with Crippen LogP contribution in [0.3, 0.4) is 0 Å². The van der Waals surface area contributed by atoms with Gasteiger partial charge in [-0.2, -0.15) is 26.3 Å². The zero-order valence-corrected chi connectivity index (χ0v) is 43.7. The van der Waals surface area contributed by atoms with Gasteiger partial charge >= 0.3 is 24.5 Å². The van der Waals surface area contributed by atoms with E-state index in [0.717, 1.165) is 58.4 Å². The van der Waals surface area contributed by atoms with Gasteiger partial charge < -0.3 is 40.5 Å². The van der Waals surface area contributed by atoms with Crippen molar-refractivity contribution in [2.24, 2.45) is 10.8 Å². The highest BCUT2D eigenvalue weighted by Gasteiger charge is 2.57. The standard InChI is InChI=1S/C52H59F8N11O8/c1-28-61-20-33(21-62-28)32-16-38(53)37(39(54)17-32)24-70(68-45(74)43(66-47(75)76)50(4,5)52(58,59)60)25-41(72)40(65-44(73)42(67-48(77)78-6)49(2,3)51(55,56)57)15-30-10-7-29(8-11-30)9-12-31-18-63-46(64-19-31)69-22-34-13-14-35(23-69)71(34)36-26-79-27-36/h7-8,10-11,16-21,34-36,40-43,66,72H,13-15,22-27H2,1-6H3,(H,65,73)(H,67,77)(H,68,74)(H,75,76). The van der Waals surface area contributed by atoms with Crippen LogP contribution in [0.15, 0.2) is 61.2 Å². The number of aliphatic hydroxyl groups excluding tert-OH is 1. The van der Waals surface area contributed by atoms with Crippen molar-refractivity contribution in [1.82, 2.24) is 51.2 Å². The third kappa shape index (κ3) is 14.0. The number of alkyl carbamates (subject to hydrolysis) is 1. The zero-order valence-electron chi connectivity index (χ0n) is 43.7. The second kappa shape index (κ2) is 24.0. The fourth-order valence-corrected chi connectivity index (χ4v) is 9.46. The molecule has 0 spiro atoms. The van der Waals surface area contributed by atoms with Crippen molar-refractivity contribution >= 4 is 29.9 Å². The minimum atomic E-state index is -5.24. The number of ether oxygens (including phenoxy) is 2. The van der Waals surface area contributed by atoms with Crippen molar-refractivity contribution in [3.05, 3.63) is 101 Å². The average Bonchev–Trinajstić information content (AvgIpc) is 3.87. The van der Waals surface area contributed by atoms with E-state index < -0.39 is 108 Å². The van der Waals surface area contributed by atoms with E-state index in [-0.39, 0.29) is 16.7 Å².